The van der Waals surface area contributed by atoms with Crippen LogP contribution in [0.4, 0.5) is 14.9 Å². The molecule has 26 heavy (non-hydrogen) atoms. The monoisotopic (exact) mass is 359 g/mol. The number of rotatable bonds is 10. The summed E-state index contributed by atoms with van der Waals surface area (Å²) >= 11 is 0. The molecule has 0 aromatic heterocycles. The quantitative estimate of drug-likeness (QED) is 0.516. The minimum atomic E-state index is -0.740. The summed E-state index contributed by atoms with van der Waals surface area (Å²) in [6.07, 6.45) is 6.58. The topological polar surface area (TPSA) is 47.6 Å². The molecule has 0 aliphatic heterocycles. The highest BCUT2D eigenvalue weighted by Crippen LogP contribution is 2.19. The molecule has 0 bridgehead atoms. The molecule has 2 aromatic rings. The van der Waals surface area contributed by atoms with E-state index in [0.717, 1.165) is 12.2 Å². The highest BCUT2D eigenvalue weighted by molar-refractivity contribution is 5.86. The van der Waals surface area contributed by atoms with Crippen molar-refractivity contribution in [3.05, 3.63) is 54.3 Å². The van der Waals surface area contributed by atoms with Gasteiger partial charge in [-0.1, -0.05) is 51.2 Å². The van der Waals surface area contributed by atoms with Crippen LogP contribution in [-0.4, -0.2) is 12.7 Å². The number of amides is 1. The maximum absolute atomic E-state index is 13.5. The van der Waals surface area contributed by atoms with Crippen molar-refractivity contribution in [2.75, 3.05) is 11.9 Å². The Morgan fingerprint density at radius 3 is 2.38 bits per heavy atom. The molecule has 0 fully saturated rings. The van der Waals surface area contributed by atoms with E-state index in [0.29, 0.717) is 12.3 Å². The zero-order chi connectivity index (χ0) is 18.6. The summed E-state index contributed by atoms with van der Waals surface area (Å²) in [7, 11) is 0. The van der Waals surface area contributed by atoms with Gasteiger partial charge in [0.1, 0.15) is 5.75 Å². The number of ether oxygens (including phenoxy) is 2. The van der Waals surface area contributed by atoms with Gasteiger partial charge in [-0.05, 0) is 42.8 Å². The van der Waals surface area contributed by atoms with Gasteiger partial charge in [0, 0.05) is 5.69 Å². The summed E-state index contributed by atoms with van der Waals surface area (Å²) < 4.78 is 24.1. The molecule has 0 saturated carbocycles. The van der Waals surface area contributed by atoms with Crippen LogP contribution in [0.25, 0.3) is 0 Å². The Labute approximate surface area is 154 Å². The molecule has 0 heterocycles. The summed E-state index contributed by atoms with van der Waals surface area (Å²) in [4.78, 5) is 11.8. The van der Waals surface area contributed by atoms with Crippen LogP contribution in [0.5, 0.6) is 11.5 Å². The van der Waals surface area contributed by atoms with Crippen molar-refractivity contribution in [2.24, 2.45) is 0 Å². The van der Waals surface area contributed by atoms with Crippen LogP contribution < -0.4 is 14.8 Å². The molecule has 140 valence electrons. The molecule has 0 aliphatic carbocycles. The Hall–Kier alpha value is -2.56. The molecule has 0 radical (unpaired) electrons. The maximum Gasteiger partial charge on any atom is 0.417 e. The van der Waals surface area contributed by atoms with E-state index in [9.17, 15) is 9.18 Å². The van der Waals surface area contributed by atoms with Gasteiger partial charge in [0.05, 0.1) is 6.61 Å². The molecule has 0 aliphatic rings. The van der Waals surface area contributed by atoms with E-state index in [1.807, 2.05) is 0 Å². The van der Waals surface area contributed by atoms with Gasteiger partial charge in [-0.3, -0.25) is 5.32 Å². The first-order chi connectivity index (χ1) is 12.7. The average molecular weight is 359 g/mol. The first kappa shape index (κ1) is 19.8. The van der Waals surface area contributed by atoms with Gasteiger partial charge in [-0.25, -0.2) is 9.18 Å². The molecule has 5 heteroatoms. The zero-order valence-corrected chi connectivity index (χ0v) is 15.2. The molecule has 2 aromatic carbocycles. The van der Waals surface area contributed by atoms with Crippen molar-refractivity contribution in [2.45, 2.75) is 45.4 Å². The molecule has 0 spiro atoms. The molecule has 0 atom stereocenters. The summed E-state index contributed by atoms with van der Waals surface area (Å²) in [5.41, 5.74) is 0.554. The lowest BCUT2D eigenvalue weighted by molar-refractivity contribution is 0.213. The normalized spacial score (nSPS) is 10.4. The summed E-state index contributed by atoms with van der Waals surface area (Å²) in [6.45, 7) is 2.90. The lowest BCUT2D eigenvalue weighted by Gasteiger charge is -2.09. The van der Waals surface area contributed by atoms with Crippen molar-refractivity contribution in [3.63, 3.8) is 0 Å². The van der Waals surface area contributed by atoms with Crippen LogP contribution in [0.1, 0.15) is 45.4 Å². The highest BCUT2D eigenvalue weighted by atomic mass is 19.1. The van der Waals surface area contributed by atoms with Crippen molar-refractivity contribution in [1.82, 2.24) is 0 Å². The van der Waals surface area contributed by atoms with Crippen LogP contribution in [0.15, 0.2) is 48.5 Å². The first-order valence-electron chi connectivity index (χ1n) is 9.15. The van der Waals surface area contributed by atoms with E-state index in [-0.39, 0.29) is 5.75 Å². The molecule has 1 N–H and O–H groups in total. The smallest absolute Gasteiger partial charge is 0.417 e. The largest absolute Gasteiger partial charge is 0.494 e. The van der Waals surface area contributed by atoms with Crippen molar-refractivity contribution < 1.29 is 18.7 Å². The van der Waals surface area contributed by atoms with Gasteiger partial charge < -0.3 is 9.47 Å². The first-order valence-corrected chi connectivity index (χ1v) is 9.15. The fraction of sp³-hybridized carbons (Fsp3) is 0.381. The number of anilines is 1. The fourth-order valence-corrected chi connectivity index (χ4v) is 2.48. The average Bonchev–Trinajstić information content (AvgIpc) is 2.64. The van der Waals surface area contributed by atoms with Gasteiger partial charge in [0.25, 0.3) is 0 Å². The maximum atomic E-state index is 13.5. The van der Waals surface area contributed by atoms with E-state index in [1.165, 1.54) is 50.3 Å². The summed E-state index contributed by atoms with van der Waals surface area (Å²) in [5.74, 6) is 0.0663. The van der Waals surface area contributed by atoms with E-state index in [2.05, 4.69) is 12.2 Å². The van der Waals surface area contributed by atoms with Crippen LogP contribution in [-0.2, 0) is 0 Å². The van der Waals surface area contributed by atoms with E-state index >= 15 is 0 Å². The minimum absolute atomic E-state index is 0.108. The SMILES string of the molecule is CCCCCCCCOc1ccc(NC(=O)Oc2ccccc2F)cc1. The second-order valence-electron chi connectivity index (χ2n) is 6.09. The molecular formula is C21H26FNO3. The molecule has 4 nitrogen and oxygen atoms in total. The van der Waals surface area contributed by atoms with Crippen molar-refractivity contribution >= 4 is 11.8 Å². The predicted molar refractivity (Wildman–Crippen MR) is 101 cm³/mol. The minimum Gasteiger partial charge on any atom is -0.494 e. The number of nitrogens with one attached hydrogen (secondary N) is 1. The Kier molecular flexibility index (Phi) is 8.46. The van der Waals surface area contributed by atoms with Gasteiger partial charge in [0.2, 0.25) is 0 Å². The number of para-hydroxylation sites is 1. The standard InChI is InChI=1S/C21H26FNO3/c1-2-3-4-5-6-9-16-25-18-14-12-17(13-15-18)23-21(24)26-20-11-8-7-10-19(20)22/h7-8,10-15H,2-6,9,16H2,1H3,(H,23,24). The van der Waals surface area contributed by atoms with Gasteiger partial charge in [0.15, 0.2) is 11.6 Å². The molecule has 0 unspecified atom stereocenters. The third-order valence-electron chi connectivity index (χ3n) is 3.91. The van der Waals surface area contributed by atoms with Gasteiger partial charge in [-0.15, -0.1) is 0 Å². The van der Waals surface area contributed by atoms with Crippen LogP contribution in [0.2, 0.25) is 0 Å². The lowest BCUT2D eigenvalue weighted by Crippen LogP contribution is -2.17. The Morgan fingerprint density at radius 2 is 1.65 bits per heavy atom. The third-order valence-corrected chi connectivity index (χ3v) is 3.91. The van der Waals surface area contributed by atoms with E-state index in [1.54, 1.807) is 30.3 Å². The number of halogens is 1. The number of unbranched alkanes of at least 4 members (excludes halogenated alkanes) is 5. The van der Waals surface area contributed by atoms with Crippen molar-refractivity contribution in [3.8, 4) is 11.5 Å². The number of hydrogen-bond donors (Lipinski definition) is 1. The second kappa shape index (κ2) is 11.1. The molecule has 0 saturated heterocycles. The third kappa shape index (κ3) is 7.13. The number of benzene rings is 2. The van der Waals surface area contributed by atoms with Crippen molar-refractivity contribution in [1.29, 1.82) is 0 Å². The Balaban J connectivity index is 1.70. The van der Waals surface area contributed by atoms with Crippen LogP contribution >= 0.6 is 0 Å². The fourth-order valence-electron chi connectivity index (χ4n) is 2.48. The number of carbonyl (C=O) groups excluding carboxylic acids is 1. The van der Waals surface area contributed by atoms with E-state index in [4.69, 9.17) is 9.47 Å². The Bertz CT molecular complexity index is 673. The second-order valence-corrected chi connectivity index (χ2v) is 6.09. The molecular weight excluding hydrogens is 333 g/mol. The van der Waals surface area contributed by atoms with Gasteiger partial charge in [-0.2, -0.15) is 0 Å². The highest BCUT2D eigenvalue weighted by Gasteiger charge is 2.08. The van der Waals surface area contributed by atoms with Crippen LogP contribution in [0, 0.1) is 5.82 Å². The Morgan fingerprint density at radius 1 is 0.962 bits per heavy atom. The summed E-state index contributed by atoms with van der Waals surface area (Å²) in [5, 5.41) is 2.56. The number of hydrogen-bond acceptors (Lipinski definition) is 3. The van der Waals surface area contributed by atoms with Crippen LogP contribution in [0.3, 0.4) is 0 Å². The van der Waals surface area contributed by atoms with E-state index < -0.39 is 11.9 Å². The van der Waals surface area contributed by atoms with Gasteiger partial charge >= 0.3 is 6.09 Å². The summed E-state index contributed by atoms with van der Waals surface area (Å²) in [6, 6.07) is 12.8. The number of carbonyl (C=O) groups is 1. The zero-order valence-electron chi connectivity index (χ0n) is 15.2. The molecule has 2 rings (SSSR count). The lowest BCUT2D eigenvalue weighted by atomic mass is 10.1. The molecule has 1 amide bonds. The predicted octanol–water partition coefficient (Wildman–Crippen LogP) is 6.18.